The molecule has 0 N–H and O–H groups in total. The third kappa shape index (κ3) is 3.45. The predicted octanol–water partition coefficient (Wildman–Crippen LogP) is 1.99. The van der Waals surface area contributed by atoms with Crippen molar-refractivity contribution in [1.82, 2.24) is 9.21 Å². The van der Waals surface area contributed by atoms with Gasteiger partial charge in [-0.25, -0.2) is 12.7 Å². The summed E-state index contributed by atoms with van der Waals surface area (Å²) in [6.07, 6.45) is 0.893. The van der Waals surface area contributed by atoms with E-state index in [0.29, 0.717) is 13.1 Å². The van der Waals surface area contributed by atoms with Gasteiger partial charge in [0.15, 0.2) is 0 Å². The van der Waals surface area contributed by atoms with Gasteiger partial charge in [-0.1, -0.05) is 12.1 Å². The number of ether oxygens (including phenoxy) is 2. The maximum Gasteiger partial charge on any atom is 0.269 e. The van der Waals surface area contributed by atoms with Crippen LogP contribution in [0.25, 0.3) is 0 Å². The van der Waals surface area contributed by atoms with Gasteiger partial charge in [0.25, 0.3) is 15.9 Å². The number of benzene rings is 2. The van der Waals surface area contributed by atoms with Crippen LogP contribution in [0.3, 0.4) is 0 Å². The molecule has 1 atom stereocenters. The van der Waals surface area contributed by atoms with Crippen LogP contribution >= 0.6 is 0 Å². The Balaban J connectivity index is 1.33. The molecule has 7 nitrogen and oxygen atoms in total. The number of rotatable bonds is 6. The van der Waals surface area contributed by atoms with Crippen LogP contribution in [-0.2, 0) is 10.0 Å². The average molecular weight is 402 g/mol. The first-order chi connectivity index (χ1) is 13.5. The van der Waals surface area contributed by atoms with Crippen molar-refractivity contribution in [2.45, 2.75) is 17.4 Å². The van der Waals surface area contributed by atoms with Crippen molar-refractivity contribution in [3.8, 4) is 11.5 Å². The second-order valence-electron chi connectivity index (χ2n) is 6.88. The van der Waals surface area contributed by atoms with Crippen LogP contribution in [-0.4, -0.2) is 62.9 Å². The lowest BCUT2D eigenvalue weighted by Crippen LogP contribution is -2.38. The molecule has 1 fully saturated rings. The summed E-state index contributed by atoms with van der Waals surface area (Å²) >= 11 is 0. The van der Waals surface area contributed by atoms with Crippen molar-refractivity contribution in [3.05, 3.63) is 54.1 Å². The molecule has 2 heterocycles. The summed E-state index contributed by atoms with van der Waals surface area (Å²) in [5, 5.41) is 0. The van der Waals surface area contributed by atoms with E-state index < -0.39 is 15.9 Å². The molecule has 4 rings (SSSR count). The normalized spacial score (nSPS) is 21.0. The number of carbonyl (C=O) groups excluding carboxylic acids is 1. The summed E-state index contributed by atoms with van der Waals surface area (Å²) in [6, 6.07) is 13.8. The molecule has 1 amide bonds. The smallest absolute Gasteiger partial charge is 0.269 e. The second-order valence-corrected chi connectivity index (χ2v) is 8.71. The summed E-state index contributed by atoms with van der Waals surface area (Å²) in [5.41, 5.74) is 0.254. The summed E-state index contributed by atoms with van der Waals surface area (Å²) < 4.78 is 37.3. The van der Waals surface area contributed by atoms with Crippen LogP contribution in [0.4, 0.5) is 0 Å². The molecule has 0 spiro atoms. The topological polar surface area (TPSA) is 76.2 Å². The molecule has 2 aliphatic heterocycles. The van der Waals surface area contributed by atoms with Gasteiger partial charge in [-0.3, -0.25) is 9.69 Å². The highest BCUT2D eigenvalue weighted by Crippen LogP contribution is 2.30. The van der Waals surface area contributed by atoms with Crippen LogP contribution < -0.4 is 9.47 Å². The van der Waals surface area contributed by atoms with Gasteiger partial charge in [-0.2, -0.15) is 0 Å². The van der Waals surface area contributed by atoms with Gasteiger partial charge in [0.05, 0.1) is 19.2 Å². The van der Waals surface area contributed by atoms with E-state index in [2.05, 4.69) is 4.90 Å². The lowest BCUT2D eigenvalue weighted by atomic mass is 10.2. The zero-order valence-corrected chi connectivity index (χ0v) is 16.4. The highest BCUT2D eigenvalue weighted by Gasteiger charge is 2.40. The first-order valence-corrected chi connectivity index (χ1v) is 10.6. The van der Waals surface area contributed by atoms with E-state index in [0.717, 1.165) is 28.8 Å². The summed E-state index contributed by atoms with van der Waals surface area (Å²) in [7, 11) is -2.12. The zero-order chi connectivity index (χ0) is 19.7. The highest BCUT2D eigenvalue weighted by molar-refractivity contribution is 7.90. The molecule has 1 unspecified atom stereocenters. The third-order valence-corrected chi connectivity index (χ3v) is 6.96. The Hall–Kier alpha value is -2.58. The van der Waals surface area contributed by atoms with Crippen LogP contribution in [0.15, 0.2) is 53.4 Å². The minimum absolute atomic E-state index is 0.0384. The number of methoxy groups -OCH3 is 1. The second kappa shape index (κ2) is 7.44. The van der Waals surface area contributed by atoms with Gasteiger partial charge in [0.2, 0.25) is 0 Å². The van der Waals surface area contributed by atoms with Crippen molar-refractivity contribution in [3.63, 3.8) is 0 Å². The first-order valence-electron chi connectivity index (χ1n) is 9.18. The molecule has 0 aliphatic carbocycles. The van der Waals surface area contributed by atoms with E-state index in [4.69, 9.17) is 9.47 Å². The van der Waals surface area contributed by atoms with E-state index in [1.807, 2.05) is 24.3 Å². The summed E-state index contributed by atoms with van der Waals surface area (Å²) in [4.78, 5) is 14.7. The van der Waals surface area contributed by atoms with E-state index in [1.54, 1.807) is 25.3 Å². The van der Waals surface area contributed by atoms with Crippen molar-refractivity contribution in [1.29, 1.82) is 0 Å². The lowest BCUT2D eigenvalue weighted by molar-refractivity contribution is 0.0861. The summed E-state index contributed by atoms with van der Waals surface area (Å²) in [5.74, 6) is 1.11. The molecule has 2 aromatic carbocycles. The number of hydrogen-bond donors (Lipinski definition) is 0. The number of fused-ring (bicyclic) bond motifs is 1. The predicted molar refractivity (Wildman–Crippen MR) is 103 cm³/mol. The van der Waals surface area contributed by atoms with E-state index >= 15 is 0 Å². The van der Waals surface area contributed by atoms with E-state index in [1.165, 1.54) is 6.07 Å². The fourth-order valence-electron chi connectivity index (χ4n) is 3.63. The number of sulfonamides is 1. The number of amides is 1. The number of nitrogens with zero attached hydrogens (tertiary/aromatic N) is 2. The molecule has 2 aliphatic rings. The maximum absolute atomic E-state index is 12.6. The Bertz CT molecular complexity index is 974. The van der Waals surface area contributed by atoms with Crippen molar-refractivity contribution in [2.75, 3.05) is 33.3 Å². The molecule has 0 saturated carbocycles. The highest BCUT2D eigenvalue weighted by atomic mass is 32.2. The Morgan fingerprint density at radius 2 is 1.75 bits per heavy atom. The molecule has 0 aromatic heterocycles. The van der Waals surface area contributed by atoms with Gasteiger partial charge < -0.3 is 9.47 Å². The van der Waals surface area contributed by atoms with Crippen molar-refractivity contribution >= 4 is 15.9 Å². The molecule has 28 heavy (non-hydrogen) atoms. The molecule has 0 bridgehead atoms. The quantitative estimate of drug-likeness (QED) is 0.736. The van der Waals surface area contributed by atoms with E-state index in [-0.39, 0.29) is 23.1 Å². The molecule has 2 aromatic rings. The number of likely N-dealkylation sites (tertiary alicyclic amines) is 1. The monoisotopic (exact) mass is 402 g/mol. The minimum Gasteiger partial charge on any atom is -0.497 e. The Morgan fingerprint density at radius 1 is 1.04 bits per heavy atom. The van der Waals surface area contributed by atoms with Crippen LogP contribution in [0.5, 0.6) is 11.5 Å². The average Bonchev–Trinajstić information content (AvgIpc) is 3.22. The fourth-order valence-corrected chi connectivity index (χ4v) is 5.19. The van der Waals surface area contributed by atoms with Crippen LogP contribution in [0.2, 0.25) is 0 Å². The minimum atomic E-state index is -3.74. The maximum atomic E-state index is 12.6. The molecular weight excluding hydrogens is 380 g/mol. The lowest BCUT2D eigenvalue weighted by Gasteiger charge is -2.21. The molecule has 8 heteroatoms. The van der Waals surface area contributed by atoms with Gasteiger partial charge in [-0.05, 0) is 42.8 Å². The van der Waals surface area contributed by atoms with Gasteiger partial charge in [0, 0.05) is 19.6 Å². The number of hydrogen-bond acceptors (Lipinski definition) is 6. The largest absolute Gasteiger partial charge is 0.497 e. The van der Waals surface area contributed by atoms with Gasteiger partial charge >= 0.3 is 0 Å². The Morgan fingerprint density at radius 3 is 2.46 bits per heavy atom. The van der Waals surface area contributed by atoms with Crippen molar-refractivity contribution < 1.29 is 22.7 Å². The van der Waals surface area contributed by atoms with Gasteiger partial charge in [0.1, 0.15) is 22.5 Å². The Kier molecular flexibility index (Phi) is 4.99. The molecule has 1 saturated heterocycles. The molecule has 148 valence electrons. The zero-order valence-electron chi connectivity index (χ0n) is 15.6. The standard InChI is InChI=1S/C20H22N2O5S/c1-26-15-6-8-16(9-7-15)27-17-10-11-21(14-17)12-13-22-20(23)18-4-2-3-5-19(18)28(22,24)25/h2-9,17H,10-14H2,1H3. The van der Waals surface area contributed by atoms with Crippen LogP contribution in [0, 0.1) is 0 Å². The van der Waals surface area contributed by atoms with Gasteiger partial charge in [-0.15, -0.1) is 0 Å². The Labute approximate surface area is 164 Å². The molecule has 0 radical (unpaired) electrons. The SMILES string of the molecule is COc1ccc(OC2CCN(CCN3C(=O)c4ccccc4S3(=O)=O)C2)cc1. The van der Waals surface area contributed by atoms with Crippen molar-refractivity contribution in [2.24, 2.45) is 0 Å². The first kappa shape index (κ1) is 18.8. The number of carbonyl (C=O) groups is 1. The van der Waals surface area contributed by atoms with Crippen LogP contribution in [0.1, 0.15) is 16.8 Å². The fraction of sp³-hybridized carbons (Fsp3) is 0.350. The molecular formula is C20H22N2O5S. The third-order valence-electron chi connectivity index (χ3n) is 5.12. The van der Waals surface area contributed by atoms with E-state index in [9.17, 15) is 13.2 Å². The summed E-state index contributed by atoms with van der Waals surface area (Å²) in [6.45, 7) is 2.13.